The number of pyridine rings is 1. The number of ether oxygens (including phenoxy) is 1. The van der Waals surface area contributed by atoms with E-state index in [1.165, 1.54) is 18.3 Å². The van der Waals surface area contributed by atoms with Crippen LogP contribution in [0, 0.1) is 0 Å². The SMILES string of the molecule is O=C(O)c1cc(Cl)ccc1OCc1ccncc1Cl. The number of benzene rings is 1. The lowest BCUT2D eigenvalue weighted by Gasteiger charge is -2.10. The molecule has 0 unspecified atom stereocenters. The van der Waals surface area contributed by atoms with Crippen molar-refractivity contribution in [2.45, 2.75) is 6.61 Å². The molecule has 0 aliphatic rings. The summed E-state index contributed by atoms with van der Waals surface area (Å²) in [5, 5.41) is 9.87. The number of nitrogens with zero attached hydrogens (tertiary/aromatic N) is 1. The Labute approximate surface area is 119 Å². The van der Waals surface area contributed by atoms with Crippen LogP contribution in [0.15, 0.2) is 36.7 Å². The monoisotopic (exact) mass is 297 g/mol. The Hall–Kier alpha value is -1.78. The first kappa shape index (κ1) is 13.6. The van der Waals surface area contributed by atoms with Gasteiger partial charge in [0.25, 0.3) is 0 Å². The van der Waals surface area contributed by atoms with E-state index in [-0.39, 0.29) is 17.9 Å². The summed E-state index contributed by atoms with van der Waals surface area (Å²) < 4.78 is 5.47. The smallest absolute Gasteiger partial charge is 0.339 e. The average molecular weight is 298 g/mol. The highest BCUT2D eigenvalue weighted by molar-refractivity contribution is 6.31. The fourth-order valence-electron chi connectivity index (χ4n) is 1.47. The lowest BCUT2D eigenvalue weighted by atomic mass is 10.2. The number of hydrogen-bond donors (Lipinski definition) is 1. The first-order valence-electron chi connectivity index (χ1n) is 5.32. The highest BCUT2D eigenvalue weighted by Gasteiger charge is 2.12. The van der Waals surface area contributed by atoms with Crippen LogP contribution in [-0.2, 0) is 6.61 Å². The van der Waals surface area contributed by atoms with Crippen molar-refractivity contribution >= 4 is 29.2 Å². The van der Waals surface area contributed by atoms with E-state index < -0.39 is 5.97 Å². The molecule has 0 aliphatic heterocycles. The van der Waals surface area contributed by atoms with Crippen molar-refractivity contribution in [1.29, 1.82) is 0 Å². The summed E-state index contributed by atoms with van der Waals surface area (Å²) in [6.45, 7) is 0.156. The predicted octanol–water partition coefficient (Wildman–Crippen LogP) is 3.67. The number of carboxylic acid groups (broad SMARTS) is 1. The molecule has 0 bridgehead atoms. The van der Waals surface area contributed by atoms with Crippen LogP contribution in [0.2, 0.25) is 10.0 Å². The van der Waals surface area contributed by atoms with Crippen molar-refractivity contribution in [3.8, 4) is 5.75 Å². The van der Waals surface area contributed by atoms with Crippen LogP contribution in [0.4, 0.5) is 0 Å². The number of hydrogen-bond acceptors (Lipinski definition) is 3. The molecule has 0 spiro atoms. The third-order valence-electron chi connectivity index (χ3n) is 2.41. The second-order valence-electron chi connectivity index (χ2n) is 3.70. The molecular weight excluding hydrogens is 289 g/mol. The molecule has 0 saturated heterocycles. The Morgan fingerprint density at radius 2 is 2.11 bits per heavy atom. The minimum atomic E-state index is -1.10. The lowest BCUT2D eigenvalue weighted by molar-refractivity contribution is 0.0692. The van der Waals surface area contributed by atoms with Crippen LogP contribution in [0.1, 0.15) is 15.9 Å². The number of carbonyl (C=O) groups is 1. The molecule has 0 saturated carbocycles. The zero-order chi connectivity index (χ0) is 13.8. The van der Waals surface area contributed by atoms with Gasteiger partial charge >= 0.3 is 5.97 Å². The zero-order valence-corrected chi connectivity index (χ0v) is 11.1. The van der Waals surface area contributed by atoms with Crippen LogP contribution in [0.5, 0.6) is 5.75 Å². The van der Waals surface area contributed by atoms with Gasteiger partial charge in [-0.2, -0.15) is 0 Å². The van der Waals surface area contributed by atoms with Crippen LogP contribution < -0.4 is 4.74 Å². The van der Waals surface area contributed by atoms with E-state index >= 15 is 0 Å². The number of carboxylic acids is 1. The summed E-state index contributed by atoms with van der Waals surface area (Å²) in [6.07, 6.45) is 3.09. The van der Waals surface area contributed by atoms with Gasteiger partial charge in [0, 0.05) is 23.0 Å². The molecule has 0 aliphatic carbocycles. The van der Waals surface area contributed by atoms with Gasteiger partial charge in [0.15, 0.2) is 0 Å². The van der Waals surface area contributed by atoms with E-state index in [4.69, 9.17) is 33.0 Å². The highest BCUT2D eigenvalue weighted by Crippen LogP contribution is 2.24. The molecule has 98 valence electrons. The largest absolute Gasteiger partial charge is 0.488 e. The number of aromatic nitrogens is 1. The van der Waals surface area contributed by atoms with E-state index in [2.05, 4.69) is 4.98 Å². The molecule has 6 heteroatoms. The summed E-state index contributed by atoms with van der Waals surface area (Å²) in [5.41, 5.74) is 0.737. The fraction of sp³-hybridized carbons (Fsp3) is 0.0769. The maximum absolute atomic E-state index is 11.1. The second kappa shape index (κ2) is 5.91. The van der Waals surface area contributed by atoms with Crippen molar-refractivity contribution in [1.82, 2.24) is 4.98 Å². The molecule has 4 nitrogen and oxygen atoms in total. The maximum atomic E-state index is 11.1. The average Bonchev–Trinajstić information content (AvgIpc) is 2.38. The lowest BCUT2D eigenvalue weighted by Crippen LogP contribution is -2.03. The van der Waals surface area contributed by atoms with E-state index in [9.17, 15) is 4.79 Å². The van der Waals surface area contributed by atoms with Crippen LogP contribution >= 0.6 is 23.2 Å². The van der Waals surface area contributed by atoms with Crippen molar-refractivity contribution in [2.75, 3.05) is 0 Å². The van der Waals surface area contributed by atoms with Crippen molar-refractivity contribution in [3.05, 3.63) is 57.8 Å². The van der Waals surface area contributed by atoms with Crippen LogP contribution in [-0.4, -0.2) is 16.1 Å². The Morgan fingerprint density at radius 1 is 1.32 bits per heavy atom. The molecule has 0 fully saturated rings. The molecule has 19 heavy (non-hydrogen) atoms. The van der Waals surface area contributed by atoms with Crippen molar-refractivity contribution in [3.63, 3.8) is 0 Å². The summed E-state index contributed by atoms with van der Waals surface area (Å²) in [5.74, 6) is -0.858. The van der Waals surface area contributed by atoms with E-state index in [0.29, 0.717) is 10.0 Å². The van der Waals surface area contributed by atoms with Gasteiger partial charge < -0.3 is 9.84 Å². The third kappa shape index (κ3) is 3.36. The third-order valence-corrected chi connectivity index (χ3v) is 2.99. The Bertz CT molecular complexity index is 617. The molecule has 0 atom stereocenters. The normalized spacial score (nSPS) is 10.2. The number of aromatic carboxylic acids is 1. The van der Waals surface area contributed by atoms with E-state index in [1.807, 2.05) is 0 Å². The topological polar surface area (TPSA) is 59.4 Å². The molecule has 2 aromatic rings. The Balaban J connectivity index is 2.20. The molecule has 1 aromatic heterocycles. The molecule has 1 N–H and O–H groups in total. The van der Waals surface area contributed by atoms with Gasteiger partial charge in [-0.05, 0) is 24.3 Å². The summed E-state index contributed by atoms with van der Waals surface area (Å²) in [6, 6.07) is 6.13. The van der Waals surface area contributed by atoms with Crippen LogP contribution in [0.25, 0.3) is 0 Å². The molecule has 1 heterocycles. The first-order chi connectivity index (χ1) is 9.08. The van der Waals surface area contributed by atoms with E-state index in [0.717, 1.165) is 5.56 Å². The van der Waals surface area contributed by atoms with Gasteiger partial charge in [-0.15, -0.1) is 0 Å². The van der Waals surface area contributed by atoms with Gasteiger partial charge in [0.1, 0.15) is 17.9 Å². The maximum Gasteiger partial charge on any atom is 0.339 e. The summed E-state index contributed by atoms with van der Waals surface area (Å²) in [4.78, 5) is 14.9. The molecule has 1 aromatic carbocycles. The standard InChI is InChI=1S/C13H9Cl2NO3/c14-9-1-2-12(10(5-9)13(17)18)19-7-8-3-4-16-6-11(8)15/h1-6H,7H2,(H,17,18). The zero-order valence-electron chi connectivity index (χ0n) is 9.64. The first-order valence-corrected chi connectivity index (χ1v) is 6.07. The van der Waals surface area contributed by atoms with Crippen molar-refractivity contribution < 1.29 is 14.6 Å². The quantitative estimate of drug-likeness (QED) is 0.935. The highest BCUT2D eigenvalue weighted by atomic mass is 35.5. The minimum absolute atomic E-state index is 0.0117. The Morgan fingerprint density at radius 3 is 2.79 bits per heavy atom. The predicted molar refractivity (Wildman–Crippen MR) is 72.0 cm³/mol. The van der Waals surface area contributed by atoms with Gasteiger partial charge in [-0.1, -0.05) is 23.2 Å². The van der Waals surface area contributed by atoms with Crippen molar-refractivity contribution in [2.24, 2.45) is 0 Å². The molecular formula is C13H9Cl2NO3. The Kier molecular flexibility index (Phi) is 4.24. The van der Waals surface area contributed by atoms with Gasteiger partial charge in [-0.25, -0.2) is 4.79 Å². The molecule has 2 rings (SSSR count). The second-order valence-corrected chi connectivity index (χ2v) is 4.55. The van der Waals surface area contributed by atoms with Gasteiger partial charge in [-0.3, -0.25) is 4.98 Å². The fourth-order valence-corrected chi connectivity index (χ4v) is 1.82. The summed E-state index contributed by atoms with van der Waals surface area (Å²) in [7, 11) is 0. The summed E-state index contributed by atoms with van der Waals surface area (Å²) >= 11 is 11.7. The van der Waals surface area contributed by atoms with Gasteiger partial charge in [0.2, 0.25) is 0 Å². The molecule has 0 radical (unpaired) electrons. The number of rotatable bonds is 4. The van der Waals surface area contributed by atoms with Gasteiger partial charge in [0.05, 0.1) is 5.02 Å². The number of halogens is 2. The van der Waals surface area contributed by atoms with Crippen LogP contribution in [0.3, 0.4) is 0 Å². The molecule has 0 amide bonds. The minimum Gasteiger partial charge on any atom is -0.488 e. The van der Waals surface area contributed by atoms with E-state index in [1.54, 1.807) is 18.3 Å².